The van der Waals surface area contributed by atoms with E-state index >= 15 is 0 Å². The molecule has 1 N–H and O–H groups in total. The van der Waals surface area contributed by atoms with Crippen molar-refractivity contribution in [1.82, 2.24) is 10.3 Å². The summed E-state index contributed by atoms with van der Waals surface area (Å²) in [4.78, 5) is 41.9. The number of nitrogens with zero attached hydrogens (tertiary/aromatic N) is 1. The number of pyridine rings is 1. The van der Waals surface area contributed by atoms with Crippen molar-refractivity contribution >= 4 is 17.8 Å². The molecular weight excluding hydrogens is 492 g/mol. The van der Waals surface area contributed by atoms with Gasteiger partial charge in [-0.25, -0.2) is 9.78 Å². The molecule has 2 heterocycles. The van der Waals surface area contributed by atoms with Crippen LogP contribution in [-0.2, 0) is 30.2 Å². The molecule has 38 heavy (non-hydrogen) atoms. The highest BCUT2D eigenvalue weighted by Crippen LogP contribution is 2.30. The third-order valence-electron chi connectivity index (χ3n) is 5.95. The normalized spacial score (nSPS) is 22.0. The summed E-state index contributed by atoms with van der Waals surface area (Å²) in [7, 11) is 1.37. The number of hydrogen-bond donors (Lipinski definition) is 1. The summed E-state index contributed by atoms with van der Waals surface area (Å²) < 4.78 is 28.3. The Morgan fingerprint density at radius 3 is 2.55 bits per heavy atom. The fourth-order valence-corrected chi connectivity index (χ4v) is 4.21. The molecule has 0 aliphatic carbocycles. The van der Waals surface area contributed by atoms with Gasteiger partial charge in [-0.05, 0) is 24.8 Å². The van der Waals surface area contributed by atoms with Crippen LogP contribution in [0, 0.1) is 11.8 Å². The first-order valence-electron chi connectivity index (χ1n) is 12.7. The van der Waals surface area contributed by atoms with Crippen molar-refractivity contribution in [3.05, 3.63) is 53.9 Å². The molecule has 0 saturated carbocycles. The summed E-state index contributed by atoms with van der Waals surface area (Å²) in [5, 5.41) is 2.61. The molecule has 2 aromatic rings. The standard InChI is InChI=1S/C28H36N2O8/c1-17(2)14-36-25-18(3)37-28(33)22(16-35-15-21(25)13-20-9-7-6-8-10-20)30-27(32)24-26(38-19(4)31)23(34-5)11-12-29-24/h6-12,17-18,21-22,25H,13-16H2,1-5H3,(H,30,32). The van der Waals surface area contributed by atoms with E-state index in [1.54, 1.807) is 6.92 Å². The molecule has 10 nitrogen and oxygen atoms in total. The SMILES string of the molecule is COc1ccnc(C(=O)NC2COCC(Cc3ccccc3)C(OCC(C)C)C(C)OC2=O)c1OC(C)=O. The zero-order valence-corrected chi connectivity index (χ0v) is 22.5. The number of esters is 2. The maximum Gasteiger partial charge on any atom is 0.331 e. The summed E-state index contributed by atoms with van der Waals surface area (Å²) in [6.07, 6.45) is 1.00. The van der Waals surface area contributed by atoms with Gasteiger partial charge in [0, 0.05) is 31.7 Å². The van der Waals surface area contributed by atoms with Crippen LogP contribution in [0.1, 0.15) is 43.7 Å². The lowest BCUT2D eigenvalue weighted by Crippen LogP contribution is -2.46. The van der Waals surface area contributed by atoms with Crippen molar-refractivity contribution in [3.63, 3.8) is 0 Å². The molecule has 1 fully saturated rings. The van der Waals surface area contributed by atoms with Gasteiger partial charge in [0.05, 0.1) is 26.4 Å². The Morgan fingerprint density at radius 2 is 1.89 bits per heavy atom. The number of carbonyl (C=O) groups excluding carboxylic acids is 3. The van der Waals surface area contributed by atoms with E-state index in [1.165, 1.54) is 26.3 Å². The second-order valence-corrected chi connectivity index (χ2v) is 9.63. The molecule has 10 heteroatoms. The van der Waals surface area contributed by atoms with E-state index in [4.69, 9.17) is 23.7 Å². The third kappa shape index (κ3) is 8.00. The average Bonchev–Trinajstić information content (AvgIpc) is 2.92. The molecule has 1 aliphatic heterocycles. The van der Waals surface area contributed by atoms with Crippen LogP contribution < -0.4 is 14.8 Å². The summed E-state index contributed by atoms with van der Waals surface area (Å²) >= 11 is 0. The summed E-state index contributed by atoms with van der Waals surface area (Å²) in [6, 6.07) is 10.3. The van der Waals surface area contributed by atoms with Crippen LogP contribution >= 0.6 is 0 Å². The number of carbonyl (C=O) groups is 3. The molecule has 4 unspecified atom stereocenters. The molecule has 1 saturated heterocycles. The fourth-order valence-electron chi connectivity index (χ4n) is 4.21. The van der Waals surface area contributed by atoms with Gasteiger partial charge in [-0.2, -0.15) is 0 Å². The predicted molar refractivity (Wildman–Crippen MR) is 138 cm³/mol. The number of aromatic nitrogens is 1. The van der Waals surface area contributed by atoms with Crippen molar-refractivity contribution in [2.75, 3.05) is 26.9 Å². The van der Waals surface area contributed by atoms with E-state index in [0.29, 0.717) is 19.6 Å². The number of benzene rings is 1. The highest BCUT2D eigenvalue weighted by Gasteiger charge is 2.36. The maximum atomic E-state index is 13.1. The number of nitrogens with one attached hydrogen (secondary N) is 1. The molecule has 1 aromatic carbocycles. The van der Waals surface area contributed by atoms with Crippen molar-refractivity contribution < 1.29 is 38.1 Å². The Bertz CT molecular complexity index is 1090. The van der Waals surface area contributed by atoms with Gasteiger partial charge in [-0.3, -0.25) is 9.59 Å². The topological polar surface area (TPSA) is 122 Å². The van der Waals surface area contributed by atoms with Crippen LogP contribution in [0.4, 0.5) is 0 Å². The van der Waals surface area contributed by atoms with Crippen LogP contribution in [0.2, 0.25) is 0 Å². The first-order valence-corrected chi connectivity index (χ1v) is 12.7. The van der Waals surface area contributed by atoms with E-state index in [1.807, 2.05) is 30.3 Å². The Balaban J connectivity index is 1.81. The number of ether oxygens (including phenoxy) is 5. The van der Waals surface area contributed by atoms with Gasteiger partial charge in [0.15, 0.2) is 17.5 Å². The van der Waals surface area contributed by atoms with Gasteiger partial charge in [0.2, 0.25) is 5.75 Å². The zero-order valence-electron chi connectivity index (χ0n) is 22.5. The maximum absolute atomic E-state index is 13.1. The number of cyclic esters (lactones) is 1. The number of methoxy groups -OCH3 is 1. The Morgan fingerprint density at radius 1 is 1.16 bits per heavy atom. The smallest absolute Gasteiger partial charge is 0.331 e. The van der Waals surface area contributed by atoms with Crippen molar-refractivity contribution in [2.45, 2.75) is 52.4 Å². The minimum absolute atomic E-state index is 0.0935. The molecule has 0 spiro atoms. The Kier molecular flexibility index (Phi) is 10.6. The lowest BCUT2D eigenvalue weighted by atomic mass is 9.91. The second-order valence-electron chi connectivity index (χ2n) is 9.63. The van der Waals surface area contributed by atoms with Gasteiger partial charge >= 0.3 is 11.9 Å². The van der Waals surface area contributed by atoms with Gasteiger partial charge < -0.3 is 29.0 Å². The van der Waals surface area contributed by atoms with E-state index in [2.05, 4.69) is 24.1 Å². The summed E-state index contributed by atoms with van der Waals surface area (Å²) in [6.45, 7) is 7.76. The van der Waals surface area contributed by atoms with Crippen LogP contribution in [0.15, 0.2) is 42.6 Å². The molecule has 1 amide bonds. The molecule has 0 radical (unpaired) electrons. The molecule has 1 aliphatic rings. The summed E-state index contributed by atoms with van der Waals surface area (Å²) in [5.74, 6) is -1.86. The number of hydrogen-bond acceptors (Lipinski definition) is 9. The van der Waals surface area contributed by atoms with Crippen LogP contribution in [0.5, 0.6) is 11.5 Å². The van der Waals surface area contributed by atoms with Gasteiger partial charge in [0.1, 0.15) is 6.10 Å². The van der Waals surface area contributed by atoms with E-state index in [-0.39, 0.29) is 35.6 Å². The van der Waals surface area contributed by atoms with E-state index in [0.717, 1.165) is 5.56 Å². The predicted octanol–water partition coefficient (Wildman–Crippen LogP) is 2.98. The molecule has 206 valence electrons. The van der Waals surface area contributed by atoms with Gasteiger partial charge in [-0.15, -0.1) is 0 Å². The number of rotatable bonds is 9. The van der Waals surface area contributed by atoms with Crippen LogP contribution in [0.3, 0.4) is 0 Å². The molecule has 0 bridgehead atoms. The van der Waals surface area contributed by atoms with Crippen molar-refractivity contribution in [3.8, 4) is 11.5 Å². The third-order valence-corrected chi connectivity index (χ3v) is 5.95. The van der Waals surface area contributed by atoms with Gasteiger partial charge in [-0.1, -0.05) is 44.2 Å². The molecule has 4 atom stereocenters. The van der Waals surface area contributed by atoms with E-state index < -0.39 is 36.1 Å². The Hall–Kier alpha value is -3.50. The highest BCUT2D eigenvalue weighted by molar-refractivity contribution is 5.98. The van der Waals surface area contributed by atoms with Crippen LogP contribution in [-0.4, -0.2) is 68.0 Å². The zero-order chi connectivity index (χ0) is 27.7. The van der Waals surface area contributed by atoms with Gasteiger partial charge in [0.25, 0.3) is 5.91 Å². The highest BCUT2D eigenvalue weighted by atomic mass is 16.6. The molecule has 1 aromatic heterocycles. The average molecular weight is 529 g/mol. The lowest BCUT2D eigenvalue weighted by molar-refractivity contribution is -0.161. The van der Waals surface area contributed by atoms with Crippen molar-refractivity contribution in [1.29, 1.82) is 0 Å². The monoisotopic (exact) mass is 528 g/mol. The largest absolute Gasteiger partial charge is 0.493 e. The minimum atomic E-state index is -1.12. The first-order chi connectivity index (χ1) is 18.2. The lowest BCUT2D eigenvalue weighted by Gasteiger charge is -2.31. The van der Waals surface area contributed by atoms with Crippen LogP contribution in [0.25, 0.3) is 0 Å². The molecule has 3 rings (SSSR count). The summed E-state index contributed by atoms with van der Waals surface area (Å²) in [5.41, 5.74) is 0.907. The first kappa shape index (κ1) is 29.1. The van der Waals surface area contributed by atoms with Crippen molar-refractivity contribution in [2.24, 2.45) is 11.8 Å². The fraction of sp³-hybridized carbons (Fsp3) is 0.500. The number of amides is 1. The van der Waals surface area contributed by atoms with E-state index in [9.17, 15) is 14.4 Å². The molecular formula is C28H36N2O8. The minimum Gasteiger partial charge on any atom is -0.493 e. The second kappa shape index (κ2) is 13.9. The Labute approximate surface area is 223 Å². The quantitative estimate of drug-likeness (QED) is 0.490.